The van der Waals surface area contributed by atoms with E-state index in [1.54, 1.807) is 6.20 Å². The molecule has 1 heterocycles. The topological polar surface area (TPSA) is 36.0 Å². The maximum atomic E-state index is 11.5. The fraction of sp³-hybridized carbons (Fsp3) is 0.444. The Morgan fingerprint density at radius 2 is 2.08 bits per heavy atom. The number of aryl methyl sites for hydroxylation is 1. The van der Waals surface area contributed by atoms with Crippen molar-refractivity contribution in [2.24, 2.45) is 0 Å². The minimum Gasteiger partial charge on any atom is -0.611 e. The third kappa shape index (κ3) is 2.22. The summed E-state index contributed by atoms with van der Waals surface area (Å²) < 4.78 is 11.5. The number of rotatable bonds is 2. The number of pyridine rings is 1. The molecule has 0 aliphatic carbocycles. The molecule has 0 bridgehead atoms. The van der Waals surface area contributed by atoms with E-state index in [9.17, 15) is 4.55 Å². The lowest BCUT2D eigenvalue weighted by Crippen LogP contribution is -2.14. The highest BCUT2D eigenvalue weighted by Crippen LogP contribution is 2.14. The van der Waals surface area contributed by atoms with Gasteiger partial charge in [-0.3, -0.25) is 4.98 Å². The zero-order valence-electron chi connectivity index (χ0n) is 7.57. The minimum absolute atomic E-state index is 0.162. The number of hydrogen-bond donors (Lipinski definition) is 0. The molecule has 1 rings (SSSR count). The van der Waals surface area contributed by atoms with Crippen LogP contribution in [0.15, 0.2) is 23.2 Å². The highest BCUT2D eigenvalue weighted by molar-refractivity contribution is 7.92. The average Bonchev–Trinajstić information content (AvgIpc) is 2.04. The van der Waals surface area contributed by atoms with Gasteiger partial charge < -0.3 is 4.55 Å². The summed E-state index contributed by atoms with van der Waals surface area (Å²) in [5.74, 6) is 0. The Morgan fingerprint density at radius 3 is 2.50 bits per heavy atom. The van der Waals surface area contributed by atoms with Crippen LogP contribution in [0.5, 0.6) is 0 Å². The van der Waals surface area contributed by atoms with Gasteiger partial charge in [0.05, 0.1) is 6.20 Å². The summed E-state index contributed by atoms with van der Waals surface area (Å²) in [7, 11) is 0. The fourth-order valence-corrected chi connectivity index (χ4v) is 1.75. The van der Waals surface area contributed by atoms with E-state index in [-0.39, 0.29) is 5.25 Å². The van der Waals surface area contributed by atoms with Crippen LogP contribution in [-0.2, 0) is 11.2 Å². The zero-order chi connectivity index (χ0) is 9.14. The monoisotopic (exact) mass is 183 g/mol. The molecule has 0 aliphatic heterocycles. The third-order valence-corrected chi connectivity index (χ3v) is 3.11. The van der Waals surface area contributed by atoms with E-state index < -0.39 is 11.2 Å². The summed E-state index contributed by atoms with van der Waals surface area (Å²) in [6, 6.07) is 3.76. The second-order valence-corrected chi connectivity index (χ2v) is 4.99. The summed E-state index contributed by atoms with van der Waals surface area (Å²) in [6.45, 7) is 5.80. The van der Waals surface area contributed by atoms with E-state index in [1.165, 1.54) is 0 Å². The lowest BCUT2D eigenvalue weighted by Gasteiger charge is -2.13. The lowest BCUT2D eigenvalue weighted by molar-refractivity contribution is 0.586. The molecule has 1 aromatic rings. The fourth-order valence-electron chi connectivity index (χ4n) is 0.845. The predicted molar refractivity (Wildman–Crippen MR) is 50.5 cm³/mol. The van der Waals surface area contributed by atoms with Crippen LogP contribution in [-0.4, -0.2) is 14.8 Å². The second-order valence-electron chi connectivity index (χ2n) is 2.98. The molecule has 1 aromatic heterocycles. The van der Waals surface area contributed by atoms with Gasteiger partial charge in [0.15, 0.2) is 4.90 Å². The van der Waals surface area contributed by atoms with E-state index in [0.29, 0.717) is 0 Å². The van der Waals surface area contributed by atoms with Crippen molar-refractivity contribution < 1.29 is 4.55 Å². The molecule has 3 heteroatoms. The molecule has 0 amide bonds. The Balaban J connectivity index is 2.82. The number of nitrogens with zero attached hydrogens (tertiary/aromatic N) is 1. The average molecular weight is 183 g/mol. The standard InChI is InChI=1S/C9H13NOS/c1-7(2)12(11)9-5-4-8(3)10-6-9/h4-7H,1-3H3. The van der Waals surface area contributed by atoms with Crippen molar-refractivity contribution in [1.82, 2.24) is 4.98 Å². The normalized spacial score (nSPS) is 13.4. The molecular formula is C9H13NOS. The van der Waals surface area contributed by atoms with Crippen LogP contribution in [0.3, 0.4) is 0 Å². The molecule has 0 saturated heterocycles. The van der Waals surface area contributed by atoms with Gasteiger partial charge in [0.1, 0.15) is 5.25 Å². The van der Waals surface area contributed by atoms with Gasteiger partial charge in [-0.05, 0) is 44.1 Å². The molecule has 66 valence electrons. The van der Waals surface area contributed by atoms with Gasteiger partial charge >= 0.3 is 0 Å². The quantitative estimate of drug-likeness (QED) is 0.656. The summed E-state index contributed by atoms with van der Waals surface area (Å²) in [5, 5.41) is 0.162. The molecule has 1 atom stereocenters. The highest BCUT2D eigenvalue weighted by Gasteiger charge is 2.14. The zero-order valence-corrected chi connectivity index (χ0v) is 8.39. The summed E-state index contributed by atoms with van der Waals surface area (Å²) in [5.41, 5.74) is 0.958. The van der Waals surface area contributed by atoms with Crippen LogP contribution in [0.4, 0.5) is 0 Å². The van der Waals surface area contributed by atoms with E-state index in [0.717, 1.165) is 10.6 Å². The molecule has 1 unspecified atom stereocenters. The number of hydrogen-bond acceptors (Lipinski definition) is 2. The highest BCUT2D eigenvalue weighted by atomic mass is 32.2. The molecule has 0 fully saturated rings. The van der Waals surface area contributed by atoms with Crippen LogP contribution in [0, 0.1) is 6.92 Å². The Hall–Kier alpha value is -0.540. The summed E-state index contributed by atoms with van der Waals surface area (Å²) >= 11 is -0.906. The Labute approximate surface area is 76.2 Å². The first-order valence-corrected chi connectivity index (χ1v) is 5.16. The molecule has 0 N–H and O–H groups in total. The first-order valence-electron chi connectivity index (χ1n) is 3.94. The van der Waals surface area contributed by atoms with Crippen molar-refractivity contribution >= 4 is 11.2 Å². The molecule has 0 radical (unpaired) electrons. The van der Waals surface area contributed by atoms with Gasteiger partial charge in [-0.2, -0.15) is 0 Å². The molecule has 2 nitrogen and oxygen atoms in total. The molecule has 12 heavy (non-hydrogen) atoms. The van der Waals surface area contributed by atoms with Gasteiger partial charge in [-0.1, -0.05) is 0 Å². The van der Waals surface area contributed by atoms with Crippen molar-refractivity contribution in [2.75, 3.05) is 0 Å². The Morgan fingerprint density at radius 1 is 1.42 bits per heavy atom. The van der Waals surface area contributed by atoms with Crippen LogP contribution in [0.1, 0.15) is 19.5 Å². The van der Waals surface area contributed by atoms with Gasteiger partial charge in [-0.15, -0.1) is 0 Å². The van der Waals surface area contributed by atoms with Crippen LogP contribution < -0.4 is 0 Å². The van der Waals surface area contributed by atoms with E-state index >= 15 is 0 Å². The second kappa shape index (κ2) is 3.92. The summed E-state index contributed by atoms with van der Waals surface area (Å²) in [6.07, 6.45) is 1.69. The molecule has 0 saturated carbocycles. The third-order valence-electron chi connectivity index (χ3n) is 1.54. The SMILES string of the molecule is Cc1ccc([S+]([O-])C(C)C)cn1. The van der Waals surface area contributed by atoms with Crippen molar-refractivity contribution in [2.45, 2.75) is 30.9 Å². The van der Waals surface area contributed by atoms with E-state index in [1.807, 2.05) is 32.9 Å². The van der Waals surface area contributed by atoms with Crippen LogP contribution >= 0.6 is 0 Å². The molecule has 0 spiro atoms. The molecule has 0 aliphatic rings. The van der Waals surface area contributed by atoms with Crippen LogP contribution in [0.25, 0.3) is 0 Å². The molecular weight excluding hydrogens is 170 g/mol. The summed E-state index contributed by atoms with van der Waals surface area (Å²) in [4.78, 5) is 4.90. The predicted octanol–water partition coefficient (Wildman–Crippen LogP) is 1.91. The lowest BCUT2D eigenvalue weighted by atomic mass is 10.4. The van der Waals surface area contributed by atoms with Gasteiger partial charge in [-0.25, -0.2) is 0 Å². The van der Waals surface area contributed by atoms with E-state index in [4.69, 9.17) is 0 Å². The first-order chi connectivity index (χ1) is 5.61. The van der Waals surface area contributed by atoms with E-state index in [2.05, 4.69) is 4.98 Å². The Bertz CT molecular complexity index is 245. The first kappa shape index (κ1) is 9.55. The van der Waals surface area contributed by atoms with Crippen molar-refractivity contribution in [1.29, 1.82) is 0 Å². The van der Waals surface area contributed by atoms with Gasteiger partial charge in [0, 0.05) is 5.69 Å². The Kier molecular flexibility index (Phi) is 3.12. The number of aromatic nitrogens is 1. The maximum absolute atomic E-state index is 11.5. The molecule has 0 aromatic carbocycles. The van der Waals surface area contributed by atoms with Gasteiger partial charge in [0.2, 0.25) is 0 Å². The smallest absolute Gasteiger partial charge is 0.171 e. The minimum atomic E-state index is -0.906. The van der Waals surface area contributed by atoms with Crippen molar-refractivity contribution in [3.8, 4) is 0 Å². The van der Waals surface area contributed by atoms with Gasteiger partial charge in [0.25, 0.3) is 0 Å². The largest absolute Gasteiger partial charge is 0.611 e. The van der Waals surface area contributed by atoms with Crippen molar-refractivity contribution in [3.63, 3.8) is 0 Å². The van der Waals surface area contributed by atoms with Crippen LogP contribution in [0.2, 0.25) is 0 Å². The van der Waals surface area contributed by atoms with Crippen molar-refractivity contribution in [3.05, 3.63) is 24.0 Å². The maximum Gasteiger partial charge on any atom is 0.171 e.